The number of anilines is 1. The molecule has 0 fully saturated rings. The Kier molecular flexibility index (Phi) is 5.68. The van der Waals surface area contributed by atoms with Crippen molar-refractivity contribution in [2.75, 3.05) is 25.1 Å². The molecule has 0 amide bonds. The number of rotatable bonds is 7. The fourth-order valence-corrected chi connectivity index (χ4v) is 3.26. The highest BCUT2D eigenvalue weighted by atomic mass is 32.2. The Morgan fingerprint density at radius 1 is 1.14 bits per heavy atom. The first kappa shape index (κ1) is 17.8. The molecule has 120 valence electrons. The van der Waals surface area contributed by atoms with Gasteiger partial charge in [-0.3, -0.25) is 0 Å². The molecule has 0 unspecified atom stereocenters. The lowest BCUT2D eigenvalue weighted by molar-refractivity contribution is 0.574. The van der Waals surface area contributed by atoms with Crippen molar-refractivity contribution >= 4 is 25.7 Å². The van der Waals surface area contributed by atoms with Crippen LogP contribution in [0.1, 0.15) is 12.0 Å². The van der Waals surface area contributed by atoms with Gasteiger partial charge in [0.1, 0.15) is 5.82 Å². The van der Waals surface area contributed by atoms with Crippen LogP contribution in [0.25, 0.3) is 0 Å². The fraction of sp³-hybridized carbons (Fsp3) is 0.455. The first-order valence-corrected chi connectivity index (χ1v) is 9.40. The Hall–Kier alpha value is -1.23. The number of nitrogens with one attached hydrogen (secondary N) is 2. The molecular formula is C11H18FN3O4S2. The normalized spacial score (nSPS) is 12.5. The number of hydrogen-bond donors (Lipinski definition) is 3. The zero-order valence-electron chi connectivity index (χ0n) is 11.7. The first-order chi connectivity index (χ1) is 9.53. The van der Waals surface area contributed by atoms with Gasteiger partial charge in [0, 0.05) is 13.1 Å². The largest absolute Gasteiger partial charge is 0.396 e. The van der Waals surface area contributed by atoms with Crippen molar-refractivity contribution in [1.82, 2.24) is 9.44 Å². The highest BCUT2D eigenvalue weighted by Crippen LogP contribution is 2.20. The second kappa shape index (κ2) is 6.69. The Bertz CT molecular complexity index is 694. The number of aryl methyl sites for hydroxylation is 1. The van der Waals surface area contributed by atoms with E-state index in [0.717, 1.165) is 12.3 Å². The van der Waals surface area contributed by atoms with Crippen LogP contribution in [0.3, 0.4) is 0 Å². The van der Waals surface area contributed by atoms with Crippen molar-refractivity contribution in [3.63, 3.8) is 0 Å². The number of sulfonamides is 2. The smallest absolute Gasteiger partial charge is 0.240 e. The summed E-state index contributed by atoms with van der Waals surface area (Å²) in [4.78, 5) is -0.130. The maximum Gasteiger partial charge on any atom is 0.240 e. The van der Waals surface area contributed by atoms with Crippen molar-refractivity contribution < 1.29 is 21.2 Å². The predicted molar refractivity (Wildman–Crippen MR) is 78.2 cm³/mol. The standard InChI is InChI=1S/C11H18FN3O4S2/c1-8-6-9(7-10(13)11(8)12)21(18,19)15-5-3-4-14-20(2,16)17/h6-7,14-15H,3-5,13H2,1-2H3. The summed E-state index contributed by atoms with van der Waals surface area (Å²) in [5, 5.41) is 0. The maximum absolute atomic E-state index is 13.4. The summed E-state index contributed by atoms with van der Waals surface area (Å²) < 4.78 is 63.5. The van der Waals surface area contributed by atoms with Crippen LogP contribution in [0, 0.1) is 12.7 Å². The van der Waals surface area contributed by atoms with Crippen LogP contribution in [-0.2, 0) is 20.0 Å². The first-order valence-electron chi connectivity index (χ1n) is 6.03. The van der Waals surface area contributed by atoms with Crippen LogP contribution in [0.15, 0.2) is 17.0 Å². The minimum Gasteiger partial charge on any atom is -0.396 e. The summed E-state index contributed by atoms with van der Waals surface area (Å²) in [7, 11) is -7.11. The molecule has 7 nitrogen and oxygen atoms in total. The van der Waals surface area contributed by atoms with E-state index >= 15 is 0 Å². The second-order valence-corrected chi connectivity index (χ2v) is 8.16. The van der Waals surface area contributed by atoms with E-state index in [4.69, 9.17) is 5.73 Å². The van der Waals surface area contributed by atoms with Gasteiger partial charge in [0.2, 0.25) is 20.0 Å². The molecule has 0 heterocycles. The van der Waals surface area contributed by atoms with Crippen molar-refractivity contribution in [3.8, 4) is 0 Å². The summed E-state index contributed by atoms with van der Waals surface area (Å²) >= 11 is 0. The third-order valence-corrected chi connectivity index (χ3v) is 4.75. The number of hydrogen-bond acceptors (Lipinski definition) is 5. The molecule has 0 radical (unpaired) electrons. The maximum atomic E-state index is 13.4. The van der Waals surface area contributed by atoms with Crippen LogP contribution in [0.5, 0.6) is 0 Å². The van der Waals surface area contributed by atoms with Crippen LogP contribution in [0.4, 0.5) is 10.1 Å². The Labute approximate surface area is 123 Å². The molecule has 10 heteroatoms. The fourth-order valence-electron chi connectivity index (χ4n) is 1.55. The Morgan fingerprint density at radius 3 is 2.24 bits per heavy atom. The van der Waals surface area contributed by atoms with Crippen LogP contribution in [-0.4, -0.2) is 36.2 Å². The van der Waals surface area contributed by atoms with Crippen molar-refractivity contribution in [2.45, 2.75) is 18.2 Å². The van der Waals surface area contributed by atoms with Gasteiger partial charge >= 0.3 is 0 Å². The van der Waals surface area contributed by atoms with Crippen molar-refractivity contribution in [3.05, 3.63) is 23.5 Å². The summed E-state index contributed by atoms with van der Waals surface area (Å²) in [6.07, 6.45) is 1.29. The number of nitrogens with two attached hydrogens (primary N) is 1. The van der Waals surface area contributed by atoms with Gasteiger partial charge in [-0.25, -0.2) is 30.7 Å². The monoisotopic (exact) mass is 339 g/mol. The van der Waals surface area contributed by atoms with E-state index in [-0.39, 0.29) is 35.7 Å². The molecule has 0 atom stereocenters. The van der Waals surface area contributed by atoms with E-state index in [2.05, 4.69) is 9.44 Å². The highest BCUT2D eigenvalue weighted by Gasteiger charge is 2.16. The van der Waals surface area contributed by atoms with Gasteiger partial charge in [0.25, 0.3) is 0 Å². The molecule has 4 N–H and O–H groups in total. The molecule has 0 aliphatic carbocycles. The van der Waals surface area contributed by atoms with Crippen LogP contribution >= 0.6 is 0 Å². The topological polar surface area (TPSA) is 118 Å². The molecular weight excluding hydrogens is 321 g/mol. The van der Waals surface area contributed by atoms with E-state index < -0.39 is 25.9 Å². The molecule has 0 bridgehead atoms. The zero-order valence-corrected chi connectivity index (χ0v) is 13.3. The van der Waals surface area contributed by atoms with Gasteiger partial charge in [-0.15, -0.1) is 0 Å². The summed E-state index contributed by atoms with van der Waals surface area (Å²) in [5.41, 5.74) is 5.29. The average molecular weight is 339 g/mol. The Balaban J connectivity index is 2.66. The number of halogens is 1. The molecule has 21 heavy (non-hydrogen) atoms. The molecule has 1 rings (SSSR count). The lowest BCUT2D eigenvalue weighted by atomic mass is 10.2. The minimum atomic E-state index is -3.81. The van der Waals surface area contributed by atoms with Crippen molar-refractivity contribution in [2.24, 2.45) is 0 Å². The molecule has 0 aliphatic rings. The lowest BCUT2D eigenvalue weighted by Crippen LogP contribution is -2.29. The summed E-state index contributed by atoms with van der Waals surface area (Å²) in [6, 6.07) is 2.22. The molecule has 1 aromatic rings. The molecule has 0 saturated heterocycles. The van der Waals surface area contributed by atoms with Gasteiger partial charge in [-0.1, -0.05) is 0 Å². The van der Waals surface area contributed by atoms with E-state index in [9.17, 15) is 21.2 Å². The molecule has 1 aromatic carbocycles. The van der Waals surface area contributed by atoms with E-state index in [1.807, 2.05) is 0 Å². The highest BCUT2D eigenvalue weighted by molar-refractivity contribution is 7.89. The Morgan fingerprint density at radius 2 is 1.71 bits per heavy atom. The quantitative estimate of drug-likeness (QED) is 0.475. The average Bonchev–Trinajstić information content (AvgIpc) is 2.33. The number of nitrogen functional groups attached to an aromatic ring is 1. The molecule has 0 spiro atoms. The van der Waals surface area contributed by atoms with Gasteiger partial charge in [0.15, 0.2) is 0 Å². The van der Waals surface area contributed by atoms with Gasteiger partial charge in [-0.2, -0.15) is 0 Å². The van der Waals surface area contributed by atoms with Crippen LogP contribution < -0.4 is 15.2 Å². The van der Waals surface area contributed by atoms with Gasteiger partial charge in [-0.05, 0) is 31.0 Å². The SMILES string of the molecule is Cc1cc(S(=O)(=O)NCCCNS(C)(=O)=O)cc(N)c1F. The molecule has 0 aromatic heterocycles. The third kappa shape index (κ3) is 5.58. The van der Waals surface area contributed by atoms with Crippen molar-refractivity contribution in [1.29, 1.82) is 0 Å². The van der Waals surface area contributed by atoms with Gasteiger partial charge in [0.05, 0.1) is 16.8 Å². The van der Waals surface area contributed by atoms with E-state index in [0.29, 0.717) is 0 Å². The van der Waals surface area contributed by atoms with E-state index in [1.54, 1.807) is 0 Å². The van der Waals surface area contributed by atoms with E-state index in [1.165, 1.54) is 13.0 Å². The third-order valence-electron chi connectivity index (χ3n) is 2.58. The summed E-state index contributed by atoms with van der Waals surface area (Å²) in [6.45, 7) is 1.58. The minimum absolute atomic E-state index is 0.0428. The second-order valence-electron chi connectivity index (χ2n) is 4.56. The zero-order chi connectivity index (χ0) is 16.3. The predicted octanol–water partition coefficient (Wildman–Crippen LogP) is -0.0661. The number of benzene rings is 1. The lowest BCUT2D eigenvalue weighted by Gasteiger charge is -2.09. The van der Waals surface area contributed by atoms with Gasteiger partial charge < -0.3 is 5.73 Å². The van der Waals surface area contributed by atoms with Crippen LogP contribution in [0.2, 0.25) is 0 Å². The summed E-state index contributed by atoms with van der Waals surface area (Å²) in [5.74, 6) is -0.647. The molecule has 0 saturated carbocycles. The molecule has 0 aliphatic heterocycles.